The lowest BCUT2D eigenvalue weighted by Gasteiger charge is -2.01. The van der Waals surface area contributed by atoms with Crippen LogP contribution in [0.4, 0.5) is 11.6 Å². The number of aliphatic hydroxyl groups excluding tert-OH is 1. The van der Waals surface area contributed by atoms with E-state index < -0.39 is 10.3 Å². The van der Waals surface area contributed by atoms with Crippen molar-refractivity contribution in [2.45, 2.75) is 25.9 Å². The van der Waals surface area contributed by atoms with E-state index >= 15 is 0 Å². The van der Waals surface area contributed by atoms with Crippen molar-refractivity contribution in [1.82, 2.24) is 49.9 Å². The highest BCUT2D eigenvalue weighted by Crippen LogP contribution is 2.13. The van der Waals surface area contributed by atoms with E-state index in [0.717, 1.165) is 0 Å². The van der Waals surface area contributed by atoms with Gasteiger partial charge in [-0.15, -0.1) is 10.2 Å². The van der Waals surface area contributed by atoms with E-state index in [2.05, 4.69) is 49.9 Å². The zero-order chi connectivity index (χ0) is 23.1. The molecular weight excluding hydrogens is 446 g/mol. The number of anilines is 2. The largest absolute Gasteiger partial charge is 0.396 e. The average molecular weight is 467 g/mol. The fourth-order valence-corrected chi connectivity index (χ4v) is 2.88. The minimum absolute atomic E-state index is 0.0409. The van der Waals surface area contributed by atoms with Crippen LogP contribution >= 0.6 is 0 Å². The first kappa shape index (κ1) is 23.1. The van der Waals surface area contributed by atoms with E-state index in [0.29, 0.717) is 54.1 Å². The van der Waals surface area contributed by atoms with Crippen molar-refractivity contribution in [3.63, 3.8) is 0 Å². The molecule has 0 saturated heterocycles. The van der Waals surface area contributed by atoms with Gasteiger partial charge >= 0.3 is 10.3 Å². The lowest BCUT2D eigenvalue weighted by atomic mass is 10.4. The highest BCUT2D eigenvalue weighted by atomic mass is 32.2. The van der Waals surface area contributed by atoms with Gasteiger partial charge in [0.05, 0.1) is 6.61 Å². The molecule has 0 spiro atoms. The summed E-state index contributed by atoms with van der Waals surface area (Å²) in [6.45, 7) is 1.02. The number of nitrogen functional groups attached to an aromatic ring is 2. The number of rotatable bonds is 8. The van der Waals surface area contributed by atoms with E-state index in [9.17, 15) is 8.42 Å². The Morgan fingerprint density at radius 2 is 1.38 bits per heavy atom. The molecule has 0 saturated carbocycles. The van der Waals surface area contributed by atoms with Gasteiger partial charge in [0, 0.05) is 19.7 Å². The Bertz CT molecular complexity index is 1290. The summed E-state index contributed by atoms with van der Waals surface area (Å²) in [5.74, 6) is 0.567. The Hall–Kier alpha value is -3.61. The Balaban J connectivity index is 0.000000186. The molecule has 4 heterocycles. The van der Waals surface area contributed by atoms with Crippen LogP contribution in [0.15, 0.2) is 12.7 Å². The first-order valence-corrected chi connectivity index (χ1v) is 10.6. The Morgan fingerprint density at radius 1 is 0.875 bits per heavy atom. The third-order valence-corrected chi connectivity index (χ3v) is 4.44. The molecule has 32 heavy (non-hydrogen) atoms. The number of aliphatic hydroxyl groups is 1. The number of fused-ring (bicyclic) bond motifs is 2. The molecule has 4 aromatic heterocycles. The summed E-state index contributed by atoms with van der Waals surface area (Å²) in [6.07, 6.45) is 3.68. The summed E-state index contributed by atoms with van der Waals surface area (Å²) in [7, 11) is -3.91. The molecule has 0 amide bonds. The molecule has 4 aromatic rings. The van der Waals surface area contributed by atoms with Gasteiger partial charge in [-0.1, -0.05) is 10.4 Å². The van der Waals surface area contributed by atoms with Gasteiger partial charge in [0.25, 0.3) is 0 Å². The smallest absolute Gasteiger partial charge is 0.333 e. The standard InChI is InChI=1S/C7H11N7O3S.C7H10N6O/c8-6-5-7(11-4-10-6)14(13-12-5)2-1-3-17-18(9,15)16;8-6-5-7(10-4-9-6)13(12-11-5)2-1-3-14/h4H,1-3H2,(H2,8,10,11)(H2,9,15,16);4,14H,1-3H2,(H2,8,9,10). The van der Waals surface area contributed by atoms with E-state index in [-0.39, 0.29) is 19.0 Å². The molecule has 0 aliphatic rings. The van der Waals surface area contributed by atoms with Crippen LogP contribution in [0.3, 0.4) is 0 Å². The number of hydrogen-bond acceptors (Lipinski definition) is 14. The van der Waals surface area contributed by atoms with E-state index in [1.165, 1.54) is 17.3 Å². The number of nitrogens with zero attached hydrogens (tertiary/aromatic N) is 10. The van der Waals surface area contributed by atoms with Crippen molar-refractivity contribution in [2.24, 2.45) is 5.14 Å². The van der Waals surface area contributed by atoms with Gasteiger partial charge in [-0.05, 0) is 12.8 Å². The maximum atomic E-state index is 10.5. The van der Waals surface area contributed by atoms with Crippen LogP contribution in [0.25, 0.3) is 22.3 Å². The molecule has 0 fully saturated rings. The van der Waals surface area contributed by atoms with Crippen LogP contribution in [0.5, 0.6) is 0 Å². The van der Waals surface area contributed by atoms with Crippen LogP contribution in [0.1, 0.15) is 12.8 Å². The quantitative estimate of drug-likeness (QED) is 0.197. The molecule has 0 radical (unpaired) electrons. The van der Waals surface area contributed by atoms with Crippen molar-refractivity contribution in [2.75, 3.05) is 24.7 Å². The topological polar surface area (TPSA) is 255 Å². The molecule has 0 aliphatic heterocycles. The van der Waals surface area contributed by atoms with Crippen LogP contribution < -0.4 is 16.6 Å². The monoisotopic (exact) mass is 467 g/mol. The first-order chi connectivity index (χ1) is 15.3. The van der Waals surface area contributed by atoms with Crippen LogP contribution in [0, 0.1) is 0 Å². The second kappa shape index (κ2) is 10.1. The van der Waals surface area contributed by atoms with Crippen LogP contribution in [-0.2, 0) is 27.6 Å². The summed E-state index contributed by atoms with van der Waals surface area (Å²) in [6, 6.07) is 0. The molecule has 0 bridgehead atoms. The molecule has 7 N–H and O–H groups in total. The molecule has 0 unspecified atom stereocenters. The van der Waals surface area contributed by atoms with E-state index in [1.54, 1.807) is 4.68 Å². The Kier molecular flexibility index (Phi) is 7.30. The van der Waals surface area contributed by atoms with Gasteiger partial charge in [-0.25, -0.2) is 34.4 Å². The number of hydrogen-bond donors (Lipinski definition) is 4. The lowest BCUT2D eigenvalue weighted by molar-refractivity contribution is 0.277. The van der Waals surface area contributed by atoms with Crippen molar-refractivity contribution in [3.05, 3.63) is 12.7 Å². The Morgan fingerprint density at radius 3 is 1.84 bits per heavy atom. The third-order valence-electron chi connectivity index (χ3n) is 3.95. The van der Waals surface area contributed by atoms with Crippen molar-refractivity contribution < 1.29 is 17.7 Å². The first-order valence-electron chi connectivity index (χ1n) is 9.17. The van der Waals surface area contributed by atoms with Gasteiger partial charge in [-0.3, -0.25) is 4.18 Å². The Labute approximate surface area is 180 Å². The number of aryl methyl sites for hydroxylation is 2. The van der Waals surface area contributed by atoms with Gasteiger partial charge in [0.1, 0.15) is 12.7 Å². The molecule has 172 valence electrons. The lowest BCUT2D eigenvalue weighted by Crippen LogP contribution is -2.17. The summed E-state index contributed by atoms with van der Waals surface area (Å²) < 4.78 is 28.5. The fourth-order valence-electron chi connectivity index (χ4n) is 2.53. The molecule has 0 aliphatic carbocycles. The normalized spacial score (nSPS) is 11.6. The summed E-state index contributed by atoms with van der Waals surface area (Å²) in [4.78, 5) is 15.6. The SMILES string of the molecule is Nc1ncnc2c1nnn2CCCO.Nc1ncnc2c1nnn2CCCOS(N)(=O)=O. The van der Waals surface area contributed by atoms with Crippen LogP contribution in [-0.4, -0.2) is 76.7 Å². The van der Waals surface area contributed by atoms with Crippen molar-refractivity contribution in [1.29, 1.82) is 0 Å². The maximum Gasteiger partial charge on any atom is 0.333 e. The second-order valence-electron chi connectivity index (χ2n) is 6.23. The second-order valence-corrected chi connectivity index (χ2v) is 7.45. The molecule has 17 nitrogen and oxygen atoms in total. The minimum Gasteiger partial charge on any atom is -0.396 e. The van der Waals surface area contributed by atoms with Gasteiger partial charge in [-0.2, -0.15) is 8.42 Å². The van der Waals surface area contributed by atoms with E-state index in [1.807, 2.05) is 0 Å². The van der Waals surface area contributed by atoms with Crippen LogP contribution in [0.2, 0.25) is 0 Å². The average Bonchev–Trinajstić information content (AvgIpc) is 3.35. The number of nitrogens with two attached hydrogens (primary N) is 3. The highest BCUT2D eigenvalue weighted by molar-refractivity contribution is 7.84. The fraction of sp³-hybridized carbons (Fsp3) is 0.429. The summed E-state index contributed by atoms with van der Waals surface area (Å²) >= 11 is 0. The zero-order valence-corrected chi connectivity index (χ0v) is 17.5. The van der Waals surface area contributed by atoms with E-state index in [4.69, 9.17) is 16.6 Å². The molecular formula is C14H21N13O4S. The summed E-state index contributed by atoms with van der Waals surface area (Å²) in [5, 5.41) is 28.7. The molecule has 0 atom stereocenters. The van der Waals surface area contributed by atoms with Gasteiger partial charge in [0.2, 0.25) is 0 Å². The maximum absolute atomic E-state index is 10.5. The van der Waals surface area contributed by atoms with Crippen molar-refractivity contribution >= 4 is 44.3 Å². The molecule has 4 rings (SSSR count). The predicted molar refractivity (Wildman–Crippen MR) is 110 cm³/mol. The predicted octanol–water partition coefficient (Wildman–Crippen LogP) is -2.40. The van der Waals surface area contributed by atoms with Crippen molar-refractivity contribution in [3.8, 4) is 0 Å². The molecule has 18 heteroatoms. The minimum atomic E-state index is -3.91. The third kappa shape index (κ3) is 5.75. The zero-order valence-electron chi connectivity index (χ0n) is 16.7. The highest BCUT2D eigenvalue weighted by Gasteiger charge is 2.10. The van der Waals surface area contributed by atoms with Gasteiger partial charge < -0.3 is 16.6 Å². The number of aromatic nitrogens is 10. The van der Waals surface area contributed by atoms with Gasteiger partial charge in [0.15, 0.2) is 34.0 Å². The summed E-state index contributed by atoms with van der Waals surface area (Å²) in [5.41, 5.74) is 13.2. The molecule has 0 aromatic carbocycles.